The van der Waals surface area contributed by atoms with Crippen molar-refractivity contribution in [1.82, 2.24) is 14.5 Å². The lowest BCUT2D eigenvalue weighted by atomic mass is 10.2. The maximum atomic E-state index is 10.8. The average Bonchev–Trinajstić information content (AvgIpc) is 3.10. The summed E-state index contributed by atoms with van der Waals surface area (Å²) in [6, 6.07) is 1.94. The minimum Gasteiger partial charge on any atom is -0.481 e. The van der Waals surface area contributed by atoms with Crippen molar-refractivity contribution in [1.29, 1.82) is 0 Å². The lowest BCUT2D eigenvalue weighted by Gasteiger charge is -2.08. The Balaban J connectivity index is 1.85. The van der Waals surface area contributed by atoms with Crippen molar-refractivity contribution >= 4 is 28.8 Å². The number of aromatic nitrogens is 3. The van der Waals surface area contributed by atoms with Gasteiger partial charge >= 0.3 is 5.97 Å². The van der Waals surface area contributed by atoms with Gasteiger partial charge in [-0.25, -0.2) is 4.98 Å². The molecule has 5 nitrogen and oxygen atoms in total. The van der Waals surface area contributed by atoms with Gasteiger partial charge in [0.05, 0.1) is 17.5 Å². The number of carboxylic acids is 1. The molecule has 0 saturated carbocycles. The second kappa shape index (κ2) is 6.30. The van der Waals surface area contributed by atoms with Crippen molar-refractivity contribution in [2.75, 3.05) is 5.75 Å². The van der Waals surface area contributed by atoms with Gasteiger partial charge in [-0.1, -0.05) is 23.4 Å². The summed E-state index contributed by atoms with van der Waals surface area (Å²) in [6.45, 7) is 0.842. The highest BCUT2D eigenvalue weighted by molar-refractivity contribution is 7.99. The number of nitrogens with zero attached hydrogens (tertiary/aromatic N) is 3. The van der Waals surface area contributed by atoms with E-state index in [0.717, 1.165) is 29.2 Å². The van der Waals surface area contributed by atoms with Crippen molar-refractivity contribution in [3.63, 3.8) is 0 Å². The molecule has 1 aliphatic carbocycles. The van der Waals surface area contributed by atoms with Crippen LogP contribution >= 0.6 is 11.8 Å². The molecule has 1 N–H and O–H groups in total. The van der Waals surface area contributed by atoms with E-state index >= 15 is 0 Å². The van der Waals surface area contributed by atoms with Gasteiger partial charge in [0.1, 0.15) is 5.52 Å². The van der Waals surface area contributed by atoms with Crippen LogP contribution in [0.2, 0.25) is 0 Å². The Morgan fingerprint density at radius 1 is 1.48 bits per heavy atom. The Labute approximate surface area is 127 Å². The fraction of sp³-hybridized carbons (Fsp3) is 0.400. The summed E-state index contributed by atoms with van der Waals surface area (Å²) in [5, 5.41) is 9.63. The fourth-order valence-electron chi connectivity index (χ4n) is 2.63. The molecule has 2 aromatic heterocycles. The van der Waals surface area contributed by atoms with E-state index in [-0.39, 0.29) is 5.75 Å². The number of carboxylic acid groups (broad SMARTS) is 1. The third kappa shape index (κ3) is 3.26. The van der Waals surface area contributed by atoms with Crippen LogP contribution in [0.3, 0.4) is 0 Å². The molecule has 0 saturated heterocycles. The summed E-state index contributed by atoms with van der Waals surface area (Å²) in [5.41, 5.74) is 3.35. The molecule has 0 radical (unpaired) electrons. The van der Waals surface area contributed by atoms with E-state index in [9.17, 15) is 4.79 Å². The molecule has 110 valence electrons. The molecule has 6 heteroatoms. The minimum absolute atomic E-state index is 0.0272. The zero-order valence-corrected chi connectivity index (χ0v) is 12.5. The Hall–Kier alpha value is -1.82. The highest BCUT2D eigenvalue weighted by Gasteiger charge is 2.13. The van der Waals surface area contributed by atoms with Gasteiger partial charge in [-0.05, 0) is 31.7 Å². The number of hydrogen-bond acceptors (Lipinski definition) is 4. The standard InChI is InChI=1S/C15H17N3O2S/c19-14(20)10-21-15-17-12-9-16-7-5-13(12)18(15)8-6-11-3-1-2-4-11/h3,5,7,9H,1-2,4,6,8,10H2,(H,19,20). The van der Waals surface area contributed by atoms with E-state index in [4.69, 9.17) is 5.11 Å². The smallest absolute Gasteiger partial charge is 0.313 e. The van der Waals surface area contributed by atoms with Crippen LogP contribution in [0.5, 0.6) is 0 Å². The molecule has 1 aliphatic rings. The van der Waals surface area contributed by atoms with Gasteiger partial charge in [-0.3, -0.25) is 9.78 Å². The lowest BCUT2D eigenvalue weighted by molar-refractivity contribution is -0.133. The second-order valence-electron chi connectivity index (χ2n) is 5.10. The van der Waals surface area contributed by atoms with Crippen molar-refractivity contribution in [2.24, 2.45) is 0 Å². The summed E-state index contributed by atoms with van der Waals surface area (Å²) in [4.78, 5) is 19.4. The SMILES string of the molecule is O=C(O)CSc1nc2cnccc2n1CCC1=CCCC1. The molecule has 0 aliphatic heterocycles. The van der Waals surface area contributed by atoms with Crippen LogP contribution in [0.1, 0.15) is 25.7 Å². The van der Waals surface area contributed by atoms with Crippen LogP contribution in [0.15, 0.2) is 35.3 Å². The minimum atomic E-state index is -0.824. The van der Waals surface area contributed by atoms with E-state index in [2.05, 4.69) is 20.6 Å². The summed E-state index contributed by atoms with van der Waals surface area (Å²) in [7, 11) is 0. The fourth-order valence-corrected chi connectivity index (χ4v) is 3.39. The number of allylic oxidation sites excluding steroid dienone is 2. The number of hydrogen-bond donors (Lipinski definition) is 1. The molecule has 0 fully saturated rings. The van der Waals surface area contributed by atoms with Crippen LogP contribution in [-0.2, 0) is 11.3 Å². The van der Waals surface area contributed by atoms with E-state index in [1.807, 2.05) is 6.07 Å². The molecule has 0 unspecified atom stereocenters. The van der Waals surface area contributed by atoms with Gasteiger partial charge in [-0.15, -0.1) is 0 Å². The molecule has 0 amide bonds. The highest BCUT2D eigenvalue weighted by atomic mass is 32.2. The van der Waals surface area contributed by atoms with Crippen molar-refractivity contribution < 1.29 is 9.90 Å². The van der Waals surface area contributed by atoms with Gasteiger partial charge < -0.3 is 9.67 Å². The zero-order chi connectivity index (χ0) is 14.7. The molecule has 2 aromatic rings. The van der Waals surface area contributed by atoms with E-state index in [1.54, 1.807) is 12.4 Å². The van der Waals surface area contributed by atoms with E-state index < -0.39 is 5.97 Å². The number of pyridine rings is 1. The highest BCUT2D eigenvalue weighted by Crippen LogP contribution is 2.26. The molecular weight excluding hydrogens is 286 g/mol. The average molecular weight is 303 g/mol. The first-order valence-electron chi connectivity index (χ1n) is 7.07. The Kier molecular flexibility index (Phi) is 4.24. The van der Waals surface area contributed by atoms with E-state index in [0.29, 0.717) is 0 Å². The summed E-state index contributed by atoms with van der Waals surface area (Å²) >= 11 is 1.27. The monoisotopic (exact) mass is 303 g/mol. The predicted molar refractivity (Wildman–Crippen MR) is 82.4 cm³/mol. The summed E-state index contributed by atoms with van der Waals surface area (Å²) < 4.78 is 2.11. The summed E-state index contributed by atoms with van der Waals surface area (Å²) in [5.74, 6) is -0.797. The van der Waals surface area contributed by atoms with Crippen molar-refractivity contribution in [3.8, 4) is 0 Å². The molecule has 2 heterocycles. The number of imidazole rings is 1. The lowest BCUT2D eigenvalue weighted by Crippen LogP contribution is -2.04. The quantitative estimate of drug-likeness (QED) is 0.656. The van der Waals surface area contributed by atoms with Crippen LogP contribution in [-0.4, -0.2) is 31.4 Å². The molecule has 3 rings (SSSR count). The third-order valence-corrected chi connectivity index (χ3v) is 4.59. The molecule has 0 bridgehead atoms. The topological polar surface area (TPSA) is 68.0 Å². The predicted octanol–water partition coefficient (Wildman–Crippen LogP) is 3.11. The molecular formula is C15H17N3O2S. The second-order valence-corrected chi connectivity index (χ2v) is 6.04. The third-order valence-electron chi connectivity index (χ3n) is 3.63. The number of thioether (sulfide) groups is 1. The maximum absolute atomic E-state index is 10.8. The molecule has 21 heavy (non-hydrogen) atoms. The largest absolute Gasteiger partial charge is 0.481 e. The first kappa shape index (κ1) is 14.1. The van der Waals surface area contributed by atoms with Crippen LogP contribution in [0.4, 0.5) is 0 Å². The summed E-state index contributed by atoms with van der Waals surface area (Å²) in [6.07, 6.45) is 10.4. The van der Waals surface area contributed by atoms with Crippen LogP contribution in [0.25, 0.3) is 11.0 Å². The van der Waals surface area contributed by atoms with Crippen LogP contribution in [0, 0.1) is 0 Å². The Bertz CT molecular complexity index is 693. The van der Waals surface area contributed by atoms with Gasteiger partial charge in [0, 0.05) is 12.7 Å². The molecule has 0 atom stereocenters. The normalized spacial score (nSPS) is 14.6. The molecule has 0 spiro atoms. The number of carbonyl (C=O) groups is 1. The number of aliphatic carboxylic acids is 1. The number of aryl methyl sites for hydroxylation is 1. The Morgan fingerprint density at radius 2 is 2.38 bits per heavy atom. The number of rotatable bonds is 6. The first-order chi connectivity index (χ1) is 10.2. The number of fused-ring (bicyclic) bond motifs is 1. The van der Waals surface area contributed by atoms with Gasteiger partial charge in [0.25, 0.3) is 0 Å². The zero-order valence-electron chi connectivity index (χ0n) is 11.7. The first-order valence-corrected chi connectivity index (χ1v) is 8.05. The molecule has 0 aromatic carbocycles. The van der Waals surface area contributed by atoms with E-state index in [1.165, 1.54) is 36.6 Å². The van der Waals surface area contributed by atoms with Gasteiger partial charge in [0.15, 0.2) is 5.16 Å². The van der Waals surface area contributed by atoms with Gasteiger partial charge in [0.2, 0.25) is 0 Å². The van der Waals surface area contributed by atoms with Crippen molar-refractivity contribution in [3.05, 3.63) is 30.1 Å². The van der Waals surface area contributed by atoms with Gasteiger partial charge in [-0.2, -0.15) is 0 Å². The Morgan fingerprint density at radius 3 is 3.14 bits per heavy atom. The van der Waals surface area contributed by atoms with Crippen LogP contribution < -0.4 is 0 Å². The maximum Gasteiger partial charge on any atom is 0.313 e. The van der Waals surface area contributed by atoms with Crippen molar-refractivity contribution in [2.45, 2.75) is 37.4 Å².